The molecule has 0 bridgehead atoms. The Kier molecular flexibility index (Phi) is 7.09. The van der Waals surface area contributed by atoms with Crippen molar-refractivity contribution in [3.8, 4) is 0 Å². The molecule has 0 atom stereocenters. The smallest absolute Gasteiger partial charge is 0.409 e. The largest absolute Gasteiger partial charge is 0.450 e. The van der Waals surface area contributed by atoms with E-state index in [1.54, 1.807) is 4.90 Å². The summed E-state index contributed by atoms with van der Waals surface area (Å²) in [5.74, 6) is 1.34. The first kappa shape index (κ1) is 19.1. The molecule has 0 aliphatic carbocycles. The van der Waals surface area contributed by atoms with Gasteiger partial charge in [-0.05, 0) is 46.5 Å². The number of carbonyl (C=O) groups is 1. The van der Waals surface area contributed by atoms with Crippen molar-refractivity contribution in [3.05, 3.63) is 17.0 Å². The van der Waals surface area contributed by atoms with E-state index in [4.69, 9.17) is 15.0 Å². The molecule has 8 nitrogen and oxygen atoms in total. The predicted molar refractivity (Wildman–Crippen MR) is 95.5 cm³/mol. The number of rotatable bonds is 6. The molecule has 1 saturated heterocycles. The molecule has 0 spiro atoms. The number of aliphatic imine (C=N–C) groups is 1. The minimum atomic E-state index is -0.234. The minimum Gasteiger partial charge on any atom is -0.450 e. The Balaban J connectivity index is 1.67. The Hall–Kier alpha value is -2.25. The van der Waals surface area contributed by atoms with E-state index in [0.717, 1.165) is 42.7 Å². The molecule has 140 valence electrons. The lowest BCUT2D eigenvalue weighted by Gasteiger charge is -2.31. The lowest BCUT2D eigenvalue weighted by Crippen LogP contribution is -2.48. The zero-order valence-electron chi connectivity index (χ0n) is 15.4. The summed E-state index contributed by atoms with van der Waals surface area (Å²) in [5.41, 5.74) is 8.07. The first-order chi connectivity index (χ1) is 12.0. The van der Waals surface area contributed by atoms with Crippen LogP contribution in [-0.2, 0) is 11.2 Å². The molecule has 0 unspecified atom stereocenters. The van der Waals surface area contributed by atoms with Gasteiger partial charge in [-0.1, -0.05) is 5.16 Å². The van der Waals surface area contributed by atoms with Gasteiger partial charge in [-0.2, -0.15) is 0 Å². The van der Waals surface area contributed by atoms with Gasteiger partial charge in [0.25, 0.3) is 0 Å². The second-order valence-corrected chi connectivity index (χ2v) is 6.28. The Bertz CT molecular complexity index is 572. The van der Waals surface area contributed by atoms with Crippen LogP contribution in [0.15, 0.2) is 9.52 Å². The van der Waals surface area contributed by atoms with E-state index in [2.05, 4.69) is 15.5 Å². The van der Waals surface area contributed by atoms with E-state index in [9.17, 15) is 4.79 Å². The number of hydrogen-bond acceptors (Lipinski definition) is 5. The lowest BCUT2D eigenvalue weighted by molar-refractivity contribution is 0.0963. The molecule has 1 aromatic rings. The van der Waals surface area contributed by atoms with Crippen LogP contribution in [0.1, 0.15) is 43.2 Å². The first-order valence-corrected chi connectivity index (χ1v) is 8.91. The summed E-state index contributed by atoms with van der Waals surface area (Å²) in [6.07, 6.45) is 3.23. The molecule has 1 aliphatic heterocycles. The van der Waals surface area contributed by atoms with Gasteiger partial charge in [0.15, 0.2) is 5.96 Å². The highest BCUT2D eigenvalue weighted by molar-refractivity contribution is 5.78. The van der Waals surface area contributed by atoms with Crippen LogP contribution >= 0.6 is 0 Å². The van der Waals surface area contributed by atoms with E-state index in [1.165, 1.54) is 0 Å². The Morgan fingerprint density at radius 3 is 2.76 bits per heavy atom. The summed E-state index contributed by atoms with van der Waals surface area (Å²) in [6, 6.07) is 0.247. The third-order valence-corrected chi connectivity index (χ3v) is 4.42. The summed E-state index contributed by atoms with van der Waals surface area (Å²) < 4.78 is 10.2. The van der Waals surface area contributed by atoms with Crippen molar-refractivity contribution in [3.63, 3.8) is 0 Å². The highest BCUT2D eigenvalue weighted by Gasteiger charge is 2.23. The Labute approximate surface area is 148 Å². The third-order valence-electron chi connectivity index (χ3n) is 4.42. The maximum atomic E-state index is 11.7. The average Bonchev–Trinajstić information content (AvgIpc) is 2.91. The number of hydrogen-bond donors (Lipinski definition) is 2. The van der Waals surface area contributed by atoms with Gasteiger partial charge in [0.05, 0.1) is 12.3 Å². The van der Waals surface area contributed by atoms with E-state index in [1.807, 2.05) is 20.8 Å². The van der Waals surface area contributed by atoms with Crippen LogP contribution < -0.4 is 11.1 Å². The molecule has 0 radical (unpaired) electrons. The molecule has 1 amide bonds. The molecule has 1 fully saturated rings. The van der Waals surface area contributed by atoms with Crippen LogP contribution in [0.5, 0.6) is 0 Å². The summed E-state index contributed by atoms with van der Waals surface area (Å²) in [7, 11) is 0. The van der Waals surface area contributed by atoms with E-state index in [0.29, 0.717) is 32.2 Å². The number of ether oxygens (including phenoxy) is 1. The minimum absolute atomic E-state index is 0.234. The topological polar surface area (TPSA) is 106 Å². The highest BCUT2D eigenvalue weighted by atomic mass is 16.6. The fraction of sp³-hybridized carbons (Fsp3) is 0.706. The van der Waals surface area contributed by atoms with Gasteiger partial charge in [0, 0.05) is 31.2 Å². The molecule has 8 heteroatoms. The monoisotopic (exact) mass is 351 g/mol. The van der Waals surface area contributed by atoms with Crippen LogP contribution in [0.3, 0.4) is 0 Å². The standard InChI is InChI=1S/C17H29N5O3/c1-4-24-17(23)22-10-7-14(8-11-22)20-16(18)19-9-5-6-15-12(2)21-25-13(15)3/h14H,4-11H2,1-3H3,(H3,18,19,20). The van der Waals surface area contributed by atoms with Crippen LogP contribution in [-0.4, -0.2) is 54.4 Å². The second-order valence-electron chi connectivity index (χ2n) is 6.28. The van der Waals surface area contributed by atoms with Crippen molar-refractivity contribution in [1.82, 2.24) is 15.4 Å². The van der Waals surface area contributed by atoms with Crippen LogP contribution in [0.4, 0.5) is 4.79 Å². The van der Waals surface area contributed by atoms with Gasteiger partial charge in [-0.25, -0.2) is 4.79 Å². The molecular formula is C17H29N5O3. The SMILES string of the molecule is CCOC(=O)N1CCC(NC(N)=NCCCc2c(C)noc2C)CC1. The summed E-state index contributed by atoms with van der Waals surface area (Å²) in [6.45, 7) is 8.11. The van der Waals surface area contributed by atoms with Crippen LogP contribution in [0.2, 0.25) is 0 Å². The van der Waals surface area contributed by atoms with Gasteiger partial charge >= 0.3 is 6.09 Å². The number of likely N-dealkylation sites (tertiary alicyclic amines) is 1. The number of guanidine groups is 1. The number of nitrogens with one attached hydrogen (secondary N) is 1. The summed E-state index contributed by atoms with van der Waals surface area (Å²) >= 11 is 0. The van der Waals surface area contributed by atoms with Crippen molar-refractivity contribution in [2.75, 3.05) is 26.2 Å². The molecule has 2 rings (SSSR count). The van der Waals surface area contributed by atoms with Crippen molar-refractivity contribution in [1.29, 1.82) is 0 Å². The number of piperidine rings is 1. The van der Waals surface area contributed by atoms with E-state index in [-0.39, 0.29) is 12.1 Å². The number of aryl methyl sites for hydroxylation is 2. The molecule has 1 aromatic heterocycles. The molecule has 25 heavy (non-hydrogen) atoms. The maximum Gasteiger partial charge on any atom is 0.409 e. The van der Waals surface area contributed by atoms with Crippen molar-refractivity contribution >= 4 is 12.1 Å². The molecule has 0 aromatic carbocycles. The van der Waals surface area contributed by atoms with Crippen molar-refractivity contribution in [2.45, 2.75) is 52.5 Å². The normalized spacial score (nSPS) is 16.1. The fourth-order valence-electron chi connectivity index (χ4n) is 2.99. The quantitative estimate of drug-likeness (QED) is 0.459. The Morgan fingerprint density at radius 1 is 1.44 bits per heavy atom. The van der Waals surface area contributed by atoms with Gasteiger partial charge in [0.2, 0.25) is 0 Å². The van der Waals surface area contributed by atoms with E-state index >= 15 is 0 Å². The zero-order chi connectivity index (χ0) is 18.2. The number of carbonyl (C=O) groups excluding carboxylic acids is 1. The van der Waals surface area contributed by atoms with Crippen LogP contribution in [0, 0.1) is 13.8 Å². The maximum absolute atomic E-state index is 11.7. The summed E-state index contributed by atoms with van der Waals surface area (Å²) in [5, 5.41) is 7.20. The molecule has 1 aliphatic rings. The van der Waals surface area contributed by atoms with E-state index < -0.39 is 0 Å². The highest BCUT2D eigenvalue weighted by Crippen LogP contribution is 2.14. The van der Waals surface area contributed by atoms with Gasteiger partial charge in [-0.3, -0.25) is 4.99 Å². The fourth-order valence-corrected chi connectivity index (χ4v) is 2.99. The molecular weight excluding hydrogens is 322 g/mol. The lowest BCUT2D eigenvalue weighted by atomic mass is 10.1. The summed E-state index contributed by atoms with van der Waals surface area (Å²) in [4.78, 5) is 17.8. The number of nitrogens with zero attached hydrogens (tertiary/aromatic N) is 3. The Morgan fingerprint density at radius 2 is 2.16 bits per heavy atom. The van der Waals surface area contributed by atoms with Gasteiger partial charge < -0.3 is 25.2 Å². The van der Waals surface area contributed by atoms with Crippen molar-refractivity contribution < 1.29 is 14.1 Å². The average molecular weight is 351 g/mol. The van der Waals surface area contributed by atoms with Crippen molar-refractivity contribution in [2.24, 2.45) is 10.7 Å². The molecule has 2 heterocycles. The molecule has 3 N–H and O–H groups in total. The number of aromatic nitrogens is 1. The van der Waals surface area contributed by atoms with Gasteiger partial charge in [-0.15, -0.1) is 0 Å². The van der Waals surface area contributed by atoms with Crippen LogP contribution in [0.25, 0.3) is 0 Å². The predicted octanol–water partition coefficient (Wildman–Crippen LogP) is 1.75. The first-order valence-electron chi connectivity index (χ1n) is 8.91. The second kappa shape index (κ2) is 9.29. The number of amides is 1. The molecule has 0 saturated carbocycles. The van der Waals surface area contributed by atoms with Gasteiger partial charge in [0.1, 0.15) is 5.76 Å². The third kappa shape index (κ3) is 5.65. The zero-order valence-corrected chi connectivity index (χ0v) is 15.4. The number of nitrogens with two attached hydrogens (primary N) is 1.